The summed E-state index contributed by atoms with van der Waals surface area (Å²) < 4.78 is 41.1. The summed E-state index contributed by atoms with van der Waals surface area (Å²) in [6.07, 6.45) is 2.72. The normalized spacial score (nSPS) is 13.4. The number of nitrogens with one attached hydrogen (secondary N) is 2. The molecule has 4 nitrogen and oxygen atoms in total. The second-order valence-electron chi connectivity index (χ2n) is 4.96. The van der Waals surface area contributed by atoms with Crippen LogP contribution >= 0.6 is 11.8 Å². The van der Waals surface area contributed by atoms with Crippen molar-refractivity contribution in [3.05, 3.63) is 29.1 Å². The number of hydrogen-bond donors (Lipinski definition) is 2. The Labute approximate surface area is 131 Å². The number of thioether (sulfide) groups is 1. The number of rotatable bonds is 8. The maximum atomic E-state index is 13.9. The van der Waals surface area contributed by atoms with Crippen molar-refractivity contribution in [1.82, 2.24) is 10.0 Å². The van der Waals surface area contributed by atoms with Crippen molar-refractivity contribution < 1.29 is 12.8 Å². The van der Waals surface area contributed by atoms with E-state index in [1.165, 1.54) is 19.1 Å². The first-order chi connectivity index (χ1) is 9.81. The van der Waals surface area contributed by atoms with Gasteiger partial charge in [-0.15, -0.1) is 0 Å². The molecule has 2 N–H and O–H groups in total. The minimum Gasteiger partial charge on any atom is -0.316 e. The fourth-order valence-corrected chi connectivity index (χ4v) is 3.59. The van der Waals surface area contributed by atoms with Crippen molar-refractivity contribution in [3.8, 4) is 0 Å². The van der Waals surface area contributed by atoms with Gasteiger partial charge in [-0.25, -0.2) is 17.5 Å². The van der Waals surface area contributed by atoms with E-state index in [0.29, 0.717) is 23.9 Å². The summed E-state index contributed by atoms with van der Waals surface area (Å²) in [6, 6.07) is 2.88. The monoisotopic (exact) mass is 334 g/mol. The van der Waals surface area contributed by atoms with Gasteiger partial charge in [-0.2, -0.15) is 11.8 Å². The Bertz CT molecular complexity index is 577. The molecule has 1 aromatic rings. The molecule has 1 rings (SSSR count). The molecule has 0 saturated heterocycles. The van der Waals surface area contributed by atoms with E-state index in [2.05, 4.69) is 10.0 Å². The lowest BCUT2D eigenvalue weighted by Gasteiger charge is -2.13. The zero-order valence-corrected chi connectivity index (χ0v) is 14.5. The van der Waals surface area contributed by atoms with Gasteiger partial charge >= 0.3 is 0 Å². The molecule has 0 radical (unpaired) electrons. The number of benzene rings is 1. The van der Waals surface area contributed by atoms with Gasteiger partial charge < -0.3 is 5.32 Å². The van der Waals surface area contributed by atoms with E-state index in [4.69, 9.17) is 0 Å². The highest BCUT2D eigenvalue weighted by Crippen LogP contribution is 2.21. The Hall–Kier alpha value is -0.630. The van der Waals surface area contributed by atoms with Gasteiger partial charge in [0, 0.05) is 23.9 Å². The van der Waals surface area contributed by atoms with Crippen molar-refractivity contribution in [3.63, 3.8) is 0 Å². The van der Waals surface area contributed by atoms with Crippen LogP contribution in [0.5, 0.6) is 0 Å². The van der Waals surface area contributed by atoms with E-state index in [1.807, 2.05) is 13.2 Å². The molecule has 0 bridgehead atoms. The molecule has 1 unspecified atom stereocenters. The van der Waals surface area contributed by atoms with Crippen LogP contribution in [-0.4, -0.2) is 33.5 Å². The lowest BCUT2D eigenvalue weighted by Crippen LogP contribution is -2.27. The number of sulfonamides is 1. The highest BCUT2D eigenvalue weighted by molar-refractivity contribution is 7.99. The van der Waals surface area contributed by atoms with Crippen LogP contribution in [0.3, 0.4) is 0 Å². The molecule has 1 atom stereocenters. The fraction of sp³-hybridized carbons (Fsp3) is 0.571. The van der Waals surface area contributed by atoms with Gasteiger partial charge in [0.25, 0.3) is 0 Å². The maximum absolute atomic E-state index is 13.9. The highest BCUT2D eigenvalue weighted by atomic mass is 32.2. The SMILES string of the molecule is CNCc1cc(F)c(C)c(S(=O)(=O)NCCC(C)SC)c1. The number of halogens is 1. The Morgan fingerprint density at radius 2 is 2.05 bits per heavy atom. The van der Waals surface area contributed by atoms with Crippen molar-refractivity contribution in [1.29, 1.82) is 0 Å². The molecule has 0 aliphatic heterocycles. The highest BCUT2D eigenvalue weighted by Gasteiger charge is 2.20. The van der Waals surface area contributed by atoms with Crippen molar-refractivity contribution >= 4 is 21.8 Å². The molecule has 0 heterocycles. The van der Waals surface area contributed by atoms with E-state index in [1.54, 1.807) is 18.8 Å². The Balaban J connectivity index is 2.96. The zero-order valence-electron chi connectivity index (χ0n) is 12.9. The van der Waals surface area contributed by atoms with Gasteiger partial charge in [-0.05, 0) is 44.3 Å². The quantitative estimate of drug-likeness (QED) is 0.766. The van der Waals surface area contributed by atoms with E-state index >= 15 is 0 Å². The molecule has 21 heavy (non-hydrogen) atoms. The van der Waals surface area contributed by atoms with Crippen LogP contribution in [0.25, 0.3) is 0 Å². The van der Waals surface area contributed by atoms with Gasteiger partial charge in [0.2, 0.25) is 10.0 Å². The lowest BCUT2D eigenvalue weighted by atomic mass is 10.1. The molecule has 0 fully saturated rings. The van der Waals surface area contributed by atoms with Gasteiger partial charge in [-0.1, -0.05) is 6.92 Å². The van der Waals surface area contributed by atoms with E-state index < -0.39 is 15.8 Å². The molecule has 0 aliphatic carbocycles. The van der Waals surface area contributed by atoms with Crippen LogP contribution < -0.4 is 10.0 Å². The summed E-state index contributed by atoms with van der Waals surface area (Å²) in [7, 11) is -1.96. The third-order valence-electron chi connectivity index (χ3n) is 3.27. The Morgan fingerprint density at radius 3 is 2.62 bits per heavy atom. The average Bonchev–Trinajstić information content (AvgIpc) is 2.42. The zero-order chi connectivity index (χ0) is 16.0. The van der Waals surface area contributed by atoms with Gasteiger partial charge in [0.05, 0.1) is 4.90 Å². The largest absolute Gasteiger partial charge is 0.316 e. The van der Waals surface area contributed by atoms with Crippen molar-refractivity contribution in [2.45, 2.75) is 37.0 Å². The van der Waals surface area contributed by atoms with Crippen LogP contribution in [0.2, 0.25) is 0 Å². The van der Waals surface area contributed by atoms with Crippen LogP contribution in [0.4, 0.5) is 4.39 Å². The van der Waals surface area contributed by atoms with Gasteiger partial charge in [0.15, 0.2) is 0 Å². The summed E-state index contributed by atoms with van der Waals surface area (Å²) >= 11 is 1.68. The smallest absolute Gasteiger partial charge is 0.240 e. The third kappa shape index (κ3) is 5.25. The first-order valence-electron chi connectivity index (χ1n) is 6.78. The fourth-order valence-electron chi connectivity index (χ4n) is 1.88. The summed E-state index contributed by atoms with van der Waals surface area (Å²) in [4.78, 5) is 0.0181. The molecule has 120 valence electrons. The van der Waals surface area contributed by atoms with Gasteiger partial charge in [-0.3, -0.25) is 0 Å². The summed E-state index contributed by atoms with van der Waals surface area (Å²) in [5.41, 5.74) is 0.763. The minimum absolute atomic E-state index is 0.0181. The molecule has 0 aliphatic rings. The second kappa shape index (κ2) is 8.12. The van der Waals surface area contributed by atoms with Gasteiger partial charge in [0.1, 0.15) is 5.82 Å². The van der Waals surface area contributed by atoms with E-state index in [0.717, 1.165) is 6.42 Å². The molecule has 0 saturated carbocycles. The predicted octanol–water partition coefficient (Wildman–Crippen LogP) is 2.27. The average molecular weight is 334 g/mol. The Kier molecular flexibility index (Phi) is 7.12. The molecule has 7 heteroatoms. The van der Waals surface area contributed by atoms with Crippen LogP contribution in [0, 0.1) is 12.7 Å². The minimum atomic E-state index is -3.69. The molecular weight excluding hydrogens is 311 g/mol. The standard InChI is InChI=1S/C14H23FN2O2S2/c1-10(20-4)5-6-17-21(18,19)14-8-12(9-16-3)7-13(15)11(14)2/h7-8,10,16-17H,5-6,9H2,1-4H3. The summed E-state index contributed by atoms with van der Waals surface area (Å²) in [6.45, 7) is 4.29. The number of hydrogen-bond acceptors (Lipinski definition) is 4. The molecule has 0 spiro atoms. The van der Waals surface area contributed by atoms with Crippen LogP contribution in [0.1, 0.15) is 24.5 Å². The first-order valence-corrected chi connectivity index (χ1v) is 9.55. The molecule has 1 aromatic carbocycles. The predicted molar refractivity (Wildman–Crippen MR) is 86.7 cm³/mol. The summed E-state index contributed by atoms with van der Waals surface area (Å²) in [5, 5.41) is 3.27. The lowest BCUT2D eigenvalue weighted by molar-refractivity contribution is 0.571. The third-order valence-corrected chi connectivity index (χ3v) is 5.90. The van der Waals surface area contributed by atoms with Crippen LogP contribution in [0.15, 0.2) is 17.0 Å². The molecular formula is C14H23FN2O2S2. The topological polar surface area (TPSA) is 58.2 Å². The van der Waals surface area contributed by atoms with Crippen LogP contribution in [-0.2, 0) is 16.6 Å². The van der Waals surface area contributed by atoms with Crippen molar-refractivity contribution in [2.75, 3.05) is 19.8 Å². The second-order valence-corrected chi connectivity index (χ2v) is 7.98. The van der Waals surface area contributed by atoms with E-state index in [-0.39, 0.29) is 10.5 Å². The molecule has 0 amide bonds. The van der Waals surface area contributed by atoms with Crippen molar-refractivity contribution in [2.24, 2.45) is 0 Å². The Morgan fingerprint density at radius 1 is 1.38 bits per heavy atom. The first kappa shape index (κ1) is 18.4. The van der Waals surface area contributed by atoms with E-state index in [9.17, 15) is 12.8 Å². The maximum Gasteiger partial charge on any atom is 0.240 e. The molecule has 0 aromatic heterocycles. The summed E-state index contributed by atoms with van der Waals surface area (Å²) in [5.74, 6) is -0.499.